The standard InChI is InChI=1S/C23H36N2O2S/c1-22(2)9-10-23(3,4)18-13-16(5-6-17(18)22)19-14-28-21(24-19)25-11-7-15(8-12-25)20(26)27/h14-18H,5-13H2,1-4H3,(H,26,27). The Morgan fingerprint density at radius 2 is 1.71 bits per heavy atom. The van der Waals surface area contributed by atoms with E-state index in [1.165, 1.54) is 37.8 Å². The molecule has 1 aromatic rings. The Morgan fingerprint density at radius 3 is 2.36 bits per heavy atom. The van der Waals surface area contributed by atoms with Crippen LogP contribution in [0.2, 0.25) is 0 Å². The molecule has 0 aromatic carbocycles. The first-order valence-corrected chi connectivity index (χ1v) is 12.0. The van der Waals surface area contributed by atoms with Crippen LogP contribution in [0.3, 0.4) is 0 Å². The summed E-state index contributed by atoms with van der Waals surface area (Å²) in [5.74, 6) is 1.42. The van der Waals surface area contributed by atoms with Crippen LogP contribution in [0, 0.1) is 28.6 Å². The SMILES string of the molecule is CC1(C)CCC(C)(C)C2CC(c3csc(N4CCC(C(=O)O)CC4)n3)CCC21. The normalized spacial score (nSPS) is 32.7. The summed E-state index contributed by atoms with van der Waals surface area (Å²) < 4.78 is 0. The average Bonchev–Trinajstić information content (AvgIpc) is 3.15. The van der Waals surface area contributed by atoms with Gasteiger partial charge in [0.15, 0.2) is 5.13 Å². The van der Waals surface area contributed by atoms with E-state index in [0.717, 1.165) is 42.9 Å². The molecule has 2 aliphatic carbocycles. The first-order valence-electron chi connectivity index (χ1n) is 11.1. The van der Waals surface area contributed by atoms with Crippen LogP contribution >= 0.6 is 11.3 Å². The molecule has 1 N–H and O–H groups in total. The monoisotopic (exact) mass is 404 g/mol. The summed E-state index contributed by atoms with van der Waals surface area (Å²) in [6.45, 7) is 11.6. The molecule has 5 heteroatoms. The third kappa shape index (κ3) is 3.71. The van der Waals surface area contributed by atoms with E-state index in [2.05, 4.69) is 38.0 Å². The Morgan fingerprint density at radius 1 is 1.07 bits per heavy atom. The Bertz CT molecular complexity index is 718. The minimum Gasteiger partial charge on any atom is -0.481 e. The highest BCUT2D eigenvalue weighted by atomic mass is 32.1. The zero-order valence-corrected chi connectivity index (χ0v) is 18.7. The fourth-order valence-corrected chi connectivity index (χ4v) is 7.14. The second-order valence-corrected chi connectivity index (χ2v) is 11.7. The molecular weight excluding hydrogens is 368 g/mol. The van der Waals surface area contributed by atoms with Crippen molar-refractivity contribution in [2.75, 3.05) is 18.0 Å². The van der Waals surface area contributed by atoms with Gasteiger partial charge in [0.05, 0.1) is 11.6 Å². The van der Waals surface area contributed by atoms with Crippen LogP contribution in [0.4, 0.5) is 5.13 Å². The first kappa shape index (κ1) is 20.2. The summed E-state index contributed by atoms with van der Waals surface area (Å²) in [4.78, 5) is 18.5. The third-order valence-corrected chi connectivity index (χ3v) is 9.23. The molecule has 3 unspecified atom stereocenters. The van der Waals surface area contributed by atoms with E-state index in [4.69, 9.17) is 4.98 Å². The van der Waals surface area contributed by atoms with Crippen LogP contribution in [0.1, 0.15) is 84.3 Å². The van der Waals surface area contributed by atoms with Gasteiger partial charge in [-0.15, -0.1) is 11.3 Å². The molecule has 4 nitrogen and oxygen atoms in total. The number of carboxylic acid groups (broad SMARTS) is 1. The van der Waals surface area contributed by atoms with Gasteiger partial charge in [-0.2, -0.15) is 0 Å². The van der Waals surface area contributed by atoms with Gasteiger partial charge in [0.1, 0.15) is 0 Å². The van der Waals surface area contributed by atoms with E-state index in [-0.39, 0.29) is 5.92 Å². The minimum absolute atomic E-state index is 0.178. The zero-order chi connectivity index (χ0) is 20.1. The van der Waals surface area contributed by atoms with Gasteiger partial charge < -0.3 is 10.0 Å². The lowest BCUT2D eigenvalue weighted by molar-refractivity contribution is -0.142. The number of carbonyl (C=O) groups is 1. The number of hydrogen-bond acceptors (Lipinski definition) is 4. The summed E-state index contributed by atoms with van der Waals surface area (Å²) >= 11 is 1.76. The lowest BCUT2D eigenvalue weighted by atomic mass is 9.49. The van der Waals surface area contributed by atoms with Crippen molar-refractivity contribution in [3.63, 3.8) is 0 Å². The second-order valence-electron chi connectivity index (χ2n) is 10.9. The van der Waals surface area contributed by atoms with E-state index in [9.17, 15) is 9.90 Å². The van der Waals surface area contributed by atoms with E-state index < -0.39 is 5.97 Å². The Labute approximate surface area is 173 Å². The molecule has 28 heavy (non-hydrogen) atoms. The number of piperidine rings is 1. The highest BCUT2D eigenvalue weighted by Crippen LogP contribution is 2.59. The van der Waals surface area contributed by atoms with Crippen LogP contribution in [-0.4, -0.2) is 29.1 Å². The van der Waals surface area contributed by atoms with Crippen molar-refractivity contribution in [3.8, 4) is 0 Å². The molecule has 2 saturated carbocycles. The summed E-state index contributed by atoms with van der Waals surface area (Å²) in [6.07, 6.45) is 8.06. The molecule has 4 rings (SSSR count). The van der Waals surface area contributed by atoms with Gasteiger partial charge in [-0.05, 0) is 67.6 Å². The van der Waals surface area contributed by atoms with E-state index >= 15 is 0 Å². The predicted octanol–water partition coefficient (Wildman–Crippen LogP) is 5.79. The number of anilines is 1. The van der Waals surface area contributed by atoms with E-state index in [1.54, 1.807) is 11.3 Å². The maximum Gasteiger partial charge on any atom is 0.306 e. The number of carboxylic acids is 1. The quantitative estimate of drug-likeness (QED) is 0.693. The lowest BCUT2D eigenvalue weighted by Crippen LogP contribution is -2.46. The highest BCUT2D eigenvalue weighted by Gasteiger charge is 2.50. The first-order chi connectivity index (χ1) is 13.2. The molecule has 3 atom stereocenters. The van der Waals surface area contributed by atoms with Crippen molar-refractivity contribution >= 4 is 22.4 Å². The Kier molecular flexibility index (Phi) is 5.26. The molecule has 0 spiro atoms. The molecule has 1 aliphatic heterocycles. The molecule has 156 valence electrons. The van der Waals surface area contributed by atoms with Crippen molar-refractivity contribution < 1.29 is 9.90 Å². The van der Waals surface area contributed by atoms with Crippen LogP contribution in [0.25, 0.3) is 0 Å². The number of hydrogen-bond donors (Lipinski definition) is 1. The predicted molar refractivity (Wildman–Crippen MR) is 115 cm³/mol. The largest absolute Gasteiger partial charge is 0.481 e. The number of rotatable bonds is 3. The van der Waals surface area contributed by atoms with Gasteiger partial charge in [0, 0.05) is 24.4 Å². The van der Waals surface area contributed by atoms with Gasteiger partial charge in [0.2, 0.25) is 0 Å². The van der Waals surface area contributed by atoms with Gasteiger partial charge in [0.25, 0.3) is 0 Å². The van der Waals surface area contributed by atoms with Gasteiger partial charge in [-0.25, -0.2) is 4.98 Å². The maximum atomic E-state index is 11.2. The summed E-state index contributed by atoms with van der Waals surface area (Å²) in [6, 6.07) is 0. The summed E-state index contributed by atoms with van der Waals surface area (Å²) in [5, 5.41) is 12.6. The topological polar surface area (TPSA) is 53.4 Å². The van der Waals surface area contributed by atoms with Gasteiger partial charge in [-0.3, -0.25) is 4.79 Å². The van der Waals surface area contributed by atoms with E-state index in [1.807, 2.05) is 0 Å². The van der Waals surface area contributed by atoms with Crippen molar-refractivity contribution in [2.45, 2.75) is 78.6 Å². The lowest BCUT2D eigenvalue weighted by Gasteiger charge is -2.55. The Hall–Kier alpha value is -1.10. The second kappa shape index (κ2) is 7.30. The number of fused-ring (bicyclic) bond motifs is 1. The fraction of sp³-hybridized carbons (Fsp3) is 0.826. The van der Waals surface area contributed by atoms with Gasteiger partial charge in [-0.1, -0.05) is 27.7 Å². The molecule has 1 saturated heterocycles. The maximum absolute atomic E-state index is 11.2. The summed E-state index contributed by atoms with van der Waals surface area (Å²) in [7, 11) is 0. The van der Waals surface area contributed by atoms with Crippen molar-refractivity contribution in [2.24, 2.45) is 28.6 Å². The minimum atomic E-state index is -0.644. The average molecular weight is 405 g/mol. The summed E-state index contributed by atoms with van der Waals surface area (Å²) in [5.41, 5.74) is 2.21. The van der Waals surface area contributed by atoms with Crippen molar-refractivity contribution in [3.05, 3.63) is 11.1 Å². The van der Waals surface area contributed by atoms with Crippen molar-refractivity contribution in [1.29, 1.82) is 0 Å². The molecule has 3 aliphatic rings. The Balaban J connectivity index is 1.44. The van der Waals surface area contributed by atoms with Crippen molar-refractivity contribution in [1.82, 2.24) is 4.98 Å². The molecule has 3 fully saturated rings. The van der Waals surface area contributed by atoms with Crippen LogP contribution < -0.4 is 4.90 Å². The van der Waals surface area contributed by atoms with E-state index in [0.29, 0.717) is 16.7 Å². The number of aliphatic carboxylic acids is 1. The number of aromatic nitrogens is 1. The molecule has 2 heterocycles. The highest BCUT2D eigenvalue weighted by molar-refractivity contribution is 7.13. The molecule has 0 bridgehead atoms. The van der Waals surface area contributed by atoms with Gasteiger partial charge >= 0.3 is 5.97 Å². The zero-order valence-electron chi connectivity index (χ0n) is 17.9. The molecular formula is C23H36N2O2S. The fourth-order valence-electron chi connectivity index (χ4n) is 6.18. The smallest absolute Gasteiger partial charge is 0.306 e. The van der Waals surface area contributed by atoms with Crippen LogP contribution in [0.15, 0.2) is 5.38 Å². The molecule has 0 radical (unpaired) electrons. The third-order valence-electron chi connectivity index (χ3n) is 8.31. The number of nitrogens with zero attached hydrogens (tertiary/aromatic N) is 2. The number of thiazole rings is 1. The van der Waals surface area contributed by atoms with Crippen LogP contribution in [0.5, 0.6) is 0 Å². The van der Waals surface area contributed by atoms with Crippen LogP contribution in [-0.2, 0) is 4.79 Å². The molecule has 1 aromatic heterocycles. The molecule has 0 amide bonds.